The molecule has 4 saturated heterocycles. The molecule has 20 heteroatoms. The van der Waals surface area contributed by atoms with Crippen LogP contribution in [0.4, 0.5) is 0 Å². The minimum absolute atomic E-state index is 0.0739. The topological polar surface area (TPSA) is 239 Å². The molecule has 0 bridgehead atoms. The number of likely N-dealkylation sites (tertiary alicyclic amines) is 1. The molecule has 2 saturated carbocycles. The number of rotatable bonds is 18. The third kappa shape index (κ3) is 11.6. The van der Waals surface area contributed by atoms with Crippen molar-refractivity contribution in [2.75, 3.05) is 51.5 Å². The van der Waals surface area contributed by atoms with Crippen molar-refractivity contribution in [1.29, 1.82) is 0 Å². The van der Waals surface area contributed by atoms with Gasteiger partial charge in [0.25, 0.3) is 0 Å². The normalized spacial score (nSPS) is 30.2. The van der Waals surface area contributed by atoms with E-state index in [4.69, 9.17) is 9.47 Å². The Morgan fingerprint density at radius 3 is 2.47 bits per heavy atom. The summed E-state index contributed by atoms with van der Waals surface area (Å²) in [6.07, 6.45) is 9.71. The second-order valence-electron chi connectivity index (χ2n) is 16.4. The van der Waals surface area contributed by atoms with Crippen molar-refractivity contribution in [3.63, 3.8) is 0 Å². The molecular weight excluding hydrogens is 795 g/mol. The first-order valence-corrected chi connectivity index (χ1v) is 23.8. The summed E-state index contributed by atoms with van der Waals surface area (Å²) in [7, 11) is -3.43. The van der Waals surface area contributed by atoms with Gasteiger partial charge in [0.1, 0.15) is 17.6 Å². The summed E-state index contributed by atoms with van der Waals surface area (Å²) >= 11 is 1.65. The Morgan fingerprint density at radius 1 is 0.948 bits per heavy atom. The summed E-state index contributed by atoms with van der Waals surface area (Å²) in [6, 6.07) is -1.52. The number of nitrogens with one attached hydrogen (secondary N) is 5. The van der Waals surface area contributed by atoms with E-state index in [9.17, 15) is 42.0 Å². The van der Waals surface area contributed by atoms with Crippen LogP contribution in [0, 0.1) is 23.7 Å². The average Bonchev–Trinajstić information content (AvgIpc) is 3.94. The summed E-state index contributed by atoms with van der Waals surface area (Å²) in [4.78, 5) is 90.4. The van der Waals surface area contributed by atoms with Gasteiger partial charge < -0.3 is 25.4 Å². The molecule has 7 amide bonds. The number of fused-ring (bicyclic) bond motifs is 1. The number of amides is 7. The molecule has 18 nitrogen and oxygen atoms in total. The molecule has 5 N–H and O–H groups in total. The second kappa shape index (κ2) is 20.4. The molecule has 2 aliphatic carbocycles. The number of nitrogens with zero attached hydrogens (tertiary/aromatic N) is 2. The summed E-state index contributed by atoms with van der Waals surface area (Å²) in [5.41, 5.74) is -0.272. The number of carbonyl (C=O) groups excluding carboxylic acids is 7. The lowest BCUT2D eigenvalue weighted by atomic mass is 9.79. The van der Waals surface area contributed by atoms with Gasteiger partial charge in [-0.1, -0.05) is 19.3 Å². The van der Waals surface area contributed by atoms with Crippen molar-refractivity contribution in [3.8, 4) is 0 Å². The van der Waals surface area contributed by atoms with Gasteiger partial charge in [-0.2, -0.15) is 0 Å². The van der Waals surface area contributed by atoms with Gasteiger partial charge in [-0.25, -0.2) is 12.7 Å². The molecule has 0 radical (unpaired) electrons. The second-order valence-corrected chi connectivity index (χ2v) is 19.6. The van der Waals surface area contributed by atoms with Crippen LogP contribution in [0.3, 0.4) is 0 Å². The zero-order chi connectivity index (χ0) is 41.4. The van der Waals surface area contributed by atoms with Crippen LogP contribution in [0.1, 0.15) is 89.9 Å². The van der Waals surface area contributed by atoms with Crippen molar-refractivity contribution in [3.05, 3.63) is 0 Å². The minimum atomic E-state index is -3.43. The molecule has 7 unspecified atom stereocenters. The highest BCUT2D eigenvalue weighted by Crippen LogP contribution is 2.41. The van der Waals surface area contributed by atoms with Crippen LogP contribution in [0.2, 0.25) is 0 Å². The van der Waals surface area contributed by atoms with Crippen LogP contribution >= 0.6 is 11.8 Å². The Kier molecular flexibility index (Phi) is 15.6. The molecule has 0 aromatic rings. The quantitative estimate of drug-likeness (QED) is 0.0882. The van der Waals surface area contributed by atoms with Crippen molar-refractivity contribution < 1.29 is 51.5 Å². The fourth-order valence-corrected chi connectivity index (χ4v) is 11.2. The smallest absolute Gasteiger partial charge is 0.249 e. The lowest BCUT2D eigenvalue weighted by Crippen LogP contribution is -2.54. The van der Waals surface area contributed by atoms with Crippen LogP contribution in [-0.2, 0) is 53.1 Å². The molecule has 4 heterocycles. The van der Waals surface area contributed by atoms with Gasteiger partial charge in [0.2, 0.25) is 51.4 Å². The Morgan fingerprint density at radius 2 is 1.72 bits per heavy atom. The van der Waals surface area contributed by atoms with Crippen molar-refractivity contribution in [1.82, 2.24) is 35.8 Å². The Balaban J connectivity index is 0.871. The van der Waals surface area contributed by atoms with E-state index < -0.39 is 57.6 Å². The predicted octanol–water partition coefficient (Wildman–Crippen LogP) is -0.284. The van der Waals surface area contributed by atoms with E-state index in [1.807, 2.05) is 0 Å². The van der Waals surface area contributed by atoms with Crippen molar-refractivity contribution in [2.24, 2.45) is 23.7 Å². The fraction of sp³-hybridized carbons (Fsp3) is 0.816. The van der Waals surface area contributed by atoms with Gasteiger partial charge in [-0.3, -0.25) is 49.1 Å². The van der Waals surface area contributed by atoms with E-state index in [1.165, 1.54) is 36.4 Å². The van der Waals surface area contributed by atoms with Gasteiger partial charge in [0.15, 0.2) is 0 Å². The van der Waals surface area contributed by atoms with Gasteiger partial charge in [0, 0.05) is 57.5 Å². The van der Waals surface area contributed by atoms with Crippen molar-refractivity contribution >= 4 is 63.1 Å². The van der Waals surface area contributed by atoms with Crippen LogP contribution in [0.25, 0.3) is 0 Å². The number of imide groups is 2. The highest BCUT2D eigenvalue weighted by molar-refractivity contribution is 8.00. The van der Waals surface area contributed by atoms with Gasteiger partial charge in [-0.05, 0) is 63.7 Å². The zero-order valence-corrected chi connectivity index (χ0v) is 34.9. The fourth-order valence-electron chi connectivity index (χ4n) is 9.11. The zero-order valence-electron chi connectivity index (χ0n) is 33.2. The molecule has 6 aliphatic rings. The largest absolute Gasteiger partial charge is 0.381 e. The minimum Gasteiger partial charge on any atom is -0.381 e. The molecule has 58 heavy (non-hydrogen) atoms. The summed E-state index contributed by atoms with van der Waals surface area (Å²) < 4.78 is 37.0. The van der Waals surface area contributed by atoms with Crippen LogP contribution in [0.5, 0.6) is 0 Å². The van der Waals surface area contributed by atoms with E-state index in [1.54, 1.807) is 11.8 Å². The van der Waals surface area contributed by atoms with Gasteiger partial charge >= 0.3 is 0 Å². The maximum atomic E-state index is 13.5. The van der Waals surface area contributed by atoms with E-state index in [2.05, 4.69) is 26.6 Å². The molecule has 8 atom stereocenters. The van der Waals surface area contributed by atoms with E-state index in [0.29, 0.717) is 44.1 Å². The molecule has 0 spiro atoms. The van der Waals surface area contributed by atoms with Crippen LogP contribution in [0.15, 0.2) is 0 Å². The molecule has 4 aliphatic heterocycles. The Bertz CT molecular complexity index is 1660. The average molecular weight is 854 g/mol. The summed E-state index contributed by atoms with van der Waals surface area (Å²) in [6.45, 7) is 1.23. The summed E-state index contributed by atoms with van der Waals surface area (Å²) in [5.74, 6) is -2.82. The standard InChI is InChI=1S/C38H59N7O11S2/c1-58(53,54)44-16-13-24(21-44)33(48)40-28(34(49)43-38-41-29(22-57-38)23-6-3-2-4-7-23)14-18-55-17-5-8-31(46)39-15-19-56-25-9-10-26-27(20-25)37(52)45(36(26)51)30-11-12-32(47)42-35(30)50/h23-30,38,41H,2-22H2,1H3,(H,39,46)(H,40,48)(H,43,49)(H,42,47,50)/t24?,25?,26?,27?,28-,29?,30?,38?/m0/s1. The first-order valence-electron chi connectivity index (χ1n) is 20.9. The van der Waals surface area contributed by atoms with E-state index >= 15 is 0 Å². The highest BCUT2D eigenvalue weighted by Gasteiger charge is 2.54. The maximum absolute atomic E-state index is 13.5. The lowest BCUT2D eigenvalue weighted by Gasteiger charge is -2.28. The maximum Gasteiger partial charge on any atom is 0.249 e. The first kappa shape index (κ1) is 44.4. The Hall–Kier alpha value is -3.17. The number of carbonyl (C=O) groups is 7. The SMILES string of the molecule is CS(=O)(=O)N1CCC(C(=O)N[C@@H](CCOCCCC(=O)NCCOC2CCC3C(=O)N(C4CCC(=O)NC4=O)C(=O)C3C2)C(=O)NC2NC(C3CCCCC3)CS2)C1. The molecule has 0 aromatic carbocycles. The number of ether oxygens (including phenoxy) is 2. The van der Waals surface area contributed by atoms with Gasteiger partial charge in [0.05, 0.1) is 36.7 Å². The number of piperidine rings is 1. The number of hydrogen-bond donors (Lipinski definition) is 5. The number of sulfonamides is 1. The first-order chi connectivity index (χ1) is 27.8. The van der Waals surface area contributed by atoms with Crippen LogP contribution < -0.4 is 26.6 Å². The van der Waals surface area contributed by atoms with Crippen LogP contribution in [-0.4, -0.2) is 140 Å². The Labute approximate surface area is 344 Å². The number of thioether (sulfide) groups is 1. The molecular formula is C38H59N7O11S2. The molecule has 324 valence electrons. The molecule has 6 fully saturated rings. The van der Waals surface area contributed by atoms with E-state index in [0.717, 1.165) is 16.9 Å². The lowest BCUT2D eigenvalue weighted by molar-refractivity contribution is -0.151. The summed E-state index contributed by atoms with van der Waals surface area (Å²) in [5, 5.41) is 14.5. The van der Waals surface area contributed by atoms with E-state index in [-0.39, 0.29) is 100 Å². The third-order valence-electron chi connectivity index (χ3n) is 12.4. The van der Waals surface area contributed by atoms with Crippen molar-refractivity contribution in [2.45, 2.75) is 120 Å². The van der Waals surface area contributed by atoms with Gasteiger partial charge in [-0.15, -0.1) is 11.8 Å². The predicted molar refractivity (Wildman–Crippen MR) is 211 cm³/mol. The molecule has 6 rings (SSSR count). The number of hydrogen-bond acceptors (Lipinski definition) is 13. The third-order valence-corrected chi connectivity index (χ3v) is 14.8. The molecule has 0 aromatic heterocycles. The highest BCUT2D eigenvalue weighted by atomic mass is 32.2. The monoisotopic (exact) mass is 853 g/mol.